The number of hydrogen-bond donors (Lipinski definition) is 3. The molecule has 1 unspecified atom stereocenters. The van der Waals surface area contributed by atoms with E-state index in [-0.39, 0.29) is 24.6 Å². The third-order valence-corrected chi connectivity index (χ3v) is 3.95. The Labute approximate surface area is 135 Å². The summed E-state index contributed by atoms with van der Waals surface area (Å²) in [5, 5.41) is 23.3. The smallest absolute Gasteiger partial charge is 0.355 e. The number of carbonyl (C=O) groups excluding carboxylic acids is 1. The van der Waals surface area contributed by atoms with Gasteiger partial charge in [-0.15, -0.1) is 11.3 Å². The van der Waals surface area contributed by atoms with Crippen LogP contribution in [0.25, 0.3) is 0 Å². The minimum absolute atomic E-state index is 0.0159. The number of nitrogens with zero attached hydrogens (tertiary/aromatic N) is 1. The molecule has 1 amide bonds. The second-order valence-corrected chi connectivity index (χ2v) is 5.75. The number of benzene rings is 1. The number of nitrogens with one attached hydrogen (secondary N) is 1. The number of aromatic nitrogens is 1. The fraction of sp³-hybridized carbons (Fsp3) is 0.267. The number of carboxylic acids is 1. The molecule has 1 aromatic carbocycles. The molecule has 0 bridgehead atoms. The summed E-state index contributed by atoms with van der Waals surface area (Å²) in [5.74, 6) is -1.94. The summed E-state index contributed by atoms with van der Waals surface area (Å²) in [4.78, 5) is 26.3. The van der Waals surface area contributed by atoms with Crippen LogP contribution in [-0.2, 0) is 11.2 Å². The number of hydrogen-bond acceptors (Lipinski definition) is 5. The lowest BCUT2D eigenvalue weighted by molar-refractivity contribution is -0.123. The predicted molar refractivity (Wildman–Crippen MR) is 81.8 cm³/mol. The van der Waals surface area contributed by atoms with Crippen molar-refractivity contribution in [2.24, 2.45) is 0 Å². The summed E-state index contributed by atoms with van der Waals surface area (Å²) in [6, 6.07) is 5.45. The van der Waals surface area contributed by atoms with Crippen LogP contribution >= 0.6 is 11.3 Å². The SMILES string of the molecule is O=C(CC(O)c1cccc(F)c1)NCCc1nc(C(=O)O)cs1. The monoisotopic (exact) mass is 338 g/mol. The quantitative estimate of drug-likeness (QED) is 0.714. The lowest BCUT2D eigenvalue weighted by atomic mass is 10.1. The zero-order valence-corrected chi connectivity index (χ0v) is 12.8. The minimum Gasteiger partial charge on any atom is -0.476 e. The minimum atomic E-state index is -1.09. The van der Waals surface area contributed by atoms with Crippen molar-refractivity contribution in [3.63, 3.8) is 0 Å². The molecule has 0 saturated carbocycles. The second-order valence-electron chi connectivity index (χ2n) is 4.81. The summed E-state index contributed by atoms with van der Waals surface area (Å²) in [7, 11) is 0. The number of aliphatic hydroxyl groups is 1. The highest BCUT2D eigenvalue weighted by Gasteiger charge is 2.14. The molecular weight excluding hydrogens is 323 g/mol. The molecule has 0 radical (unpaired) electrons. The van der Waals surface area contributed by atoms with Crippen LogP contribution in [0.4, 0.5) is 4.39 Å². The van der Waals surface area contributed by atoms with Gasteiger partial charge < -0.3 is 15.5 Å². The number of halogens is 1. The van der Waals surface area contributed by atoms with Crippen molar-refractivity contribution >= 4 is 23.2 Å². The largest absolute Gasteiger partial charge is 0.476 e. The Hall–Kier alpha value is -2.32. The first kappa shape index (κ1) is 17.0. The van der Waals surface area contributed by atoms with Gasteiger partial charge in [0, 0.05) is 18.3 Å². The van der Waals surface area contributed by atoms with Crippen LogP contribution in [-0.4, -0.2) is 33.6 Å². The van der Waals surface area contributed by atoms with E-state index in [1.165, 1.54) is 34.9 Å². The number of carboxylic acid groups (broad SMARTS) is 1. The maximum Gasteiger partial charge on any atom is 0.355 e. The molecule has 0 aliphatic heterocycles. The summed E-state index contributed by atoms with van der Waals surface area (Å²) >= 11 is 1.21. The van der Waals surface area contributed by atoms with E-state index < -0.39 is 17.9 Å². The second kappa shape index (κ2) is 7.80. The average Bonchev–Trinajstić information content (AvgIpc) is 2.96. The van der Waals surface area contributed by atoms with E-state index in [0.717, 1.165) is 0 Å². The first-order valence-electron chi connectivity index (χ1n) is 6.83. The molecule has 3 N–H and O–H groups in total. The van der Waals surface area contributed by atoms with Crippen molar-refractivity contribution in [1.82, 2.24) is 10.3 Å². The van der Waals surface area contributed by atoms with Gasteiger partial charge in [-0.05, 0) is 17.7 Å². The number of rotatable bonds is 7. The average molecular weight is 338 g/mol. The van der Waals surface area contributed by atoms with Crippen LogP contribution in [0.1, 0.15) is 33.6 Å². The Kier molecular flexibility index (Phi) is 5.78. The van der Waals surface area contributed by atoms with Crippen LogP contribution in [0.15, 0.2) is 29.6 Å². The lowest BCUT2D eigenvalue weighted by Crippen LogP contribution is -2.27. The number of thiazole rings is 1. The third kappa shape index (κ3) is 5.11. The molecule has 8 heteroatoms. The molecule has 2 rings (SSSR count). The zero-order chi connectivity index (χ0) is 16.8. The van der Waals surface area contributed by atoms with Gasteiger partial charge in [-0.3, -0.25) is 4.79 Å². The van der Waals surface area contributed by atoms with Gasteiger partial charge in [-0.2, -0.15) is 0 Å². The molecule has 122 valence electrons. The number of amides is 1. The normalized spacial score (nSPS) is 11.9. The Balaban J connectivity index is 1.77. The Morgan fingerprint density at radius 3 is 2.83 bits per heavy atom. The van der Waals surface area contributed by atoms with Crippen LogP contribution in [0.3, 0.4) is 0 Å². The Morgan fingerprint density at radius 1 is 1.39 bits per heavy atom. The van der Waals surface area contributed by atoms with E-state index in [4.69, 9.17) is 5.11 Å². The van der Waals surface area contributed by atoms with Gasteiger partial charge in [0.15, 0.2) is 5.69 Å². The zero-order valence-electron chi connectivity index (χ0n) is 12.0. The molecule has 0 fully saturated rings. The lowest BCUT2D eigenvalue weighted by Gasteiger charge is -2.11. The van der Waals surface area contributed by atoms with Crippen molar-refractivity contribution in [2.45, 2.75) is 18.9 Å². The highest BCUT2D eigenvalue weighted by atomic mass is 32.1. The number of carbonyl (C=O) groups is 2. The molecule has 1 aromatic heterocycles. The van der Waals surface area contributed by atoms with E-state index in [1.807, 2.05) is 0 Å². The highest BCUT2D eigenvalue weighted by Crippen LogP contribution is 2.17. The fourth-order valence-corrected chi connectivity index (χ4v) is 2.68. The molecule has 0 saturated heterocycles. The third-order valence-electron chi connectivity index (χ3n) is 3.04. The number of aromatic carboxylic acids is 1. The van der Waals surface area contributed by atoms with E-state index >= 15 is 0 Å². The summed E-state index contributed by atoms with van der Waals surface area (Å²) in [5.41, 5.74) is 0.323. The first-order chi connectivity index (χ1) is 11.0. The van der Waals surface area contributed by atoms with Crippen LogP contribution in [0, 0.1) is 5.82 Å². The summed E-state index contributed by atoms with van der Waals surface area (Å²) in [6.07, 6.45) is -0.856. The maximum absolute atomic E-state index is 13.1. The predicted octanol–water partition coefficient (Wildman–Crippen LogP) is 1.76. The van der Waals surface area contributed by atoms with Gasteiger partial charge in [-0.1, -0.05) is 12.1 Å². The Morgan fingerprint density at radius 2 is 2.17 bits per heavy atom. The van der Waals surface area contributed by atoms with Crippen molar-refractivity contribution in [3.8, 4) is 0 Å². The topological polar surface area (TPSA) is 99.5 Å². The van der Waals surface area contributed by atoms with Crippen molar-refractivity contribution < 1.29 is 24.2 Å². The molecule has 1 heterocycles. The molecule has 23 heavy (non-hydrogen) atoms. The molecule has 6 nitrogen and oxygen atoms in total. The number of aliphatic hydroxyl groups excluding tert-OH is 1. The molecule has 0 aliphatic carbocycles. The van der Waals surface area contributed by atoms with E-state index in [0.29, 0.717) is 17.0 Å². The molecule has 0 spiro atoms. The van der Waals surface area contributed by atoms with E-state index in [2.05, 4.69) is 10.3 Å². The van der Waals surface area contributed by atoms with Crippen molar-refractivity contribution in [3.05, 3.63) is 51.7 Å². The van der Waals surface area contributed by atoms with Gasteiger partial charge >= 0.3 is 5.97 Å². The van der Waals surface area contributed by atoms with E-state index in [1.54, 1.807) is 6.07 Å². The Bertz CT molecular complexity index is 704. The van der Waals surface area contributed by atoms with Crippen LogP contribution < -0.4 is 5.32 Å². The summed E-state index contributed by atoms with van der Waals surface area (Å²) < 4.78 is 13.1. The first-order valence-corrected chi connectivity index (χ1v) is 7.71. The molecule has 2 aromatic rings. The van der Waals surface area contributed by atoms with Gasteiger partial charge in [0.2, 0.25) is 5.91 Å². The molecule has 1 atom stereocenters. The molecule has 0 aliphatic rings. The van der Waals surface area contributed by atoms with Gasteiger partial charge in [0.05, 0.1) is 17.5 Å². The van der Waals surface area contributed by atoms with Crippen LogP contribution in [0.2, 0.25) is 0 Å². The van der Waals surface area contributed by atoms with Crippen LogP contribution in [0.5, 0.6) is 0 Å². The summed E-state index contributed by atoms with van der Waals surface area (Å²) in [6.45, 7) is 0.279. The van der Waals surface area contributed by atoms with Gasteiger partial charge in [-0.25, -0.2) is 14.2 Å². The van der Waals surface area contributed by atoms with Gasteiger partial charge in [0.25, 0.3) is 0 Å². The highest BCUT2D eigenvalue weighted by molar-refractivity contribution is 7.09. The van der Waals surface area contributed by atoms with E-state index in [9.17, 15) is 19.1 Å². The van der Waals surface area contributed by atoms with Gasteiger partial charge in [0.1, 0.15) is 5.82 Å². The van der Waals surface area contributed by atoms with Crippen molar-refractivity contribution in [1.29, 1.82) is 0 Å². The molecular formula is C15H15FN2O4S. The van der Waals surface area contributed by atoms with Crippen molar-refractivity contribution in [2.75, 3.05) is 6.54 Å². The fourth-order valence-electron chi connectivity index (χ4n) is 1.91. The standard InChI is InChI=1S/C15H15FN2O4S/c16-10-3-1-2-9(6-10)12(19)7-13(20)17-5-4-14-18-11(8-23-14)15(21)22/h1-3,6,8,12,19H,4-5,7H2,(H,17,20)(H,21,22). The maximum atomic E-state index is 13.1.